The number of aliphatic carboxylic acids is 1. The number of benzene rings is 1. The number of nitrogens with two attached hydrogens (primary N) is 1. The van der Waals surface area contributed by atoms with E-state index in [4.69, 9.17) is 10.8 Å². The van der Waals surface area contributed by atoms with Crippen LogP contribution in [0.2, 0.25) is 0 Å². The molecule has 1 aliphatic rings. The topological polar surface area (TPSA) is 80.4 Å². The van der Waals surface area contributed by atoms with Crippen LogP contribution in [-0.4, -0.2) is 22.9 Å². The number of hydrogen-bond acceptors (Lipinski definition) is 3. The number of ketones is 1. The second kappa shape index (κ2) is 4.51. The summed E-state index contributed by atoms with van der Waals surface area (Å²) < 4.78 is 0. The molecule has 0 heterocycles. The Balaban J connectivity index is 2.32. The fourth-order valence-electron chi connectivity index (χ4n) is 1.99. The van der Waals surface area contributed by atoms with Crippen LogP contribution in [0.25, 0.3) is 5.57 Å². The van der Waals surface area contributed by atoms with E-state index in [2.05, 4.69) is 0 Å². The van der Waals surface area contributed by atoms with Crippen molar-refractivity contribution >= 4 is 17.3 Å². The zero-order chi connectivity index (χ0) is 12.4. The van der Waals surface area contributed by atoms with Crippen LogP contribution in [0.1, 0.15) is 17.5 Å². The van der Waals surface area contributed by atoms with Crippen molar-refractivity contribution in [3.8, 4) is 0 Å². The maximum Gasteiger partial charge on any atom is 0.320 e. The van der Waals surface area contributed by atoms with Crippen LogP contribution in [0.3, 0.4) is 0 Å². The van der Waals surface area contributed by atoms with Gasteiger partial charge in [-0.3, -0.25) is 9.59 Å². The van der Waals surface area contributed by atoms with E-state index in [0.717, 1.165) is 11.1 Å². The van der Waals surface area contributed by atoms with Crippen molar-refractivity contribution in [2.45, 2.75) is 18.9 Å². The van der Waals surface area contributed by atoms with Gasteiger partial charge in [-0.05, 0) is 29.2 Å². The van der Waals surface area contributed by atoms with Gasteiger partial charge in [-0.2, -0.15) is 0 Å². The Hall–Kier alpha value is -1.94. The molecule has 0 bridgehead atoms. The third kappa shape index (κ3) is 2.42. The quantitative estimate of drug-likeness (QED) is 0.813. The zero-order valence-corrected chi connectivity index (χ0v) is 9.22. The molecule has 4 heteroatoms. The maximum atomic E-state index is 11.5. The molecule has 0 radical (unpaired) electrons. The van der Waals surface area contributed by atoms with Gasteiger partial charge in [-0.25, -0.2) is 0 Å². The molecule has 2 rings (SSSR count). The van der Waals surface area contributed by atoms with E-state index < -0.39 is 12.0 Å². The van der Waals surface area contributed by atoms with Crippen LogP contribution in [0.4, 0.5) is 0 Å². The Kier molecular flexibility index (Phi) is 3.06. The first kappa shape index (κ1) is 11.5. The van der Waals surface area contributed by atoms with Crippen LogP contribution in [0, 0.1) is 0 Å². The number of carbonyl (C=O) groups excluding carboxylic acids is 1. The summed E-state index contributed by atoms with van der Waals surface area (Å²) in [6, 6.07) is 6.54. The fourth-order valence-corrected chi connectivity index (χ4v) is 1.99. The van der Waals surface area contributed by atoms with Crippen molar-refractivity contribution < 1.29 is 14.7 Å². The normalized spacial score (nSPS) is 16.1. The Morgan fingerprint density at radius 1 is 1.41 bits per heavy atom. The van der Waals surface area contributed by atoms with Crippen LogP contribution < -0.4 is 5.73 Å². The summed E-state index contributed by atoms with van der Waals surface area (Å²) in [7, 11) is 0. The minimum absolute atomic E-state index is 0.00344. The molecule has 0 saturated carbocycles. The van der Waals surface area contributed by atoms with Crippen molar-refractivity contribution in [1.29, 1.82) is 0 Å². The summed E-state index contributed by atoms with van der Waals surface area (Å²) in [6.45, 7) is 0. The molecule has 0 amide bonds. The van der Waals surface area contributed by atoms with Gasteiger partial charge in [-0.15, -0.1) is 0 Å². The average molecular weight is 231 g/mol. The highest BCUT2D eigenvalue weighted by atomic mass is 16.4. The van der Waals surface area contributed by atoms with Crippen molar-refractivity contribution in [1.82, 2.24) is 0 Å². The summed E-state index contributed by atoms with van der Waals surface area (Å²) in [6.07, 6.45) is 2.06. The predicted molar refractivity (Wildman–Crippen MR) is 63.4 cm³/mol. The molecule has 0 fully saturated rings. The maximum absolute atomic E-state index is 11.5. The molecular weight excluding hydrogens is 218 g/mol. The van der Waals surface area contributed by atoms with E-state index >= 15 is 0 Å². The monoisotopic (exact) mass is 231 g/mol. The van der Waals surface area contributed by atoms with Gasteiger partial charge in [0.25, 0.3) is 0 Å². The smallest absolute Gasteiger partial charge is 0.320 e. The third-order valence-corrected chi connectivity index (χ3v) is 2.82. The molecule has 1 aliphatic carbocycles. The summed E-state index contributed by atoms with van der Waals surface area (Å²) in [5.74, 6) is -1.06. The number of carboxylic acid groups (broad SMARTS) is 1. The van der Waals surface area contributed by atoms with Gasteiger partial charge >= 0.3 is 5.97 Å². The molecule has 0 saturated heterocycles. The molecule has 4 nitrogen and oxygen atoms in total. The number of carbonyl (C=O) groups is 2. The lowest BCUT2D eigenvalue weighted by molar-refractivity contribution is -0.138. The molecule has 88 valence electrons. The minimum Gasteiger partial charge on any atom is -0.480 e. The highest BCUT2D eigenvalue weighted by molar-refractivity contribution is 6.02. The van der Waals surface area contributed by atoms with Crippen LogP contribution in [0.15, 0.2) is 30.3 Å². The molecule has 0 aromatic heterocycles. The Labute approximate surface area is 98.7 Å². The van der Waals surface area contributed by atoms with E-state index in [0.29, 0.717) is 12.0 Å². The predicted octanol–water partition coefficient (Wildman–Crippen LogP) is 0.997. The lowest BCUT2D eigenvalue weighted by Gasteiger charge is -2.18. The third-order valence-electron chi connectivity index (χ3n) is 2.82. The van der Waals surface area contributed by atoms with E-state index in [-0.39, 0.29) is 12.2 Å². The summed E-state index contributed by atoms with van der Waals surface area (Å²) in [4.78, 5) is 22.3. The van der Waals surface area contributed by atoms with Crippen LogP contribution in [-0.2, 0) is 16.0 Å². The molecule has 0 aliphatic heterocycles. The lowest BCUT2D eigenvalue weighted by Crippen LogP contribution is -2.30. The lowest BCUT2D eigenvalue weighted by atomic mass is 9.87. The SMILES string of the molecule is N[C@@H](CC1=CC(=O)Cc2ccccc21)C(=O)O. The molecule has 0 unspecified atom stereocenters. The first-order valence-electron chi connectivity index (χ1n) is 5.38. The molecule has 17 heavy (non-hydrogen) atoms. The molecule has 1 aromatic rings. The molecule has 1 atom stereocenters. The minimum atomic E-state index is -1.05. The van der Waals surface area contributed by atoms with Gasteiger partial charge < -0.3 is 10.8 Å². The number of rotatable bonds is 3. The second-order valence-corrected chi connectivity index (χ2v) is 4.12. The first-order chi connectivity index (χ1) is 8.08. The zero-order valence-electron chi connectivity index (χ0n) is 9.22. The van der Waals surface area contributed by atoms with Gasteiger partial charge in [0.05, 0.1) is 0 Å². The van der Waals surface area contributed by atoms with E-state index in [1.165, 1.54) is 6.08 Å². The highest BCUT2D eigenvalue weighted by Crippen LogP contribution is 2.27. The van der Waals surface area contributed by atoms with Gasteiger partial charge in [0.1, 0.15) is 6.04 Å². The van der Waals surface area contributed by atoms with E-state index in [9.17, 15) is 9.59 Å². The van der Waals surface area contributed by atoms with Crippen molar-refractivity contribution in [3.63, 3.8) is 0 Å². The first-order valence-corrected chi connectivity index (χ1v) is 5.38. The Morgan fingerprint density at radius 2 is 2.12 bits per heavy atom. The fraction of sp³-hybridized carbons (Fsp3) is 0.231. The standard InChI is InChI=1S/C13H13NO3/c14-12(13(16)17)7-9-6-10(15)5-8-3-1-2-4-11(8)9/h1-4,6,12H,5,7,14H2,(H,16,17)/t12-/m0/s1. The number of hydrogen-bond donors (Lipinski definition) is 2. The number of allylic oxidation sites excluding steroid dienone is 1. The van der Waals surface area contributed by atoms with Gasteiger partial charge in [-0.1, -0.05) is 24.3 Å². The second-order valence-electron chi connectivity index (χ2n) is 4.12. The van der Waals surface area contributed by atoms with Gasteiger partial charge in [0.2, 0.25) is 0 Å². The van der Waals surface area contributed by atoms with Crippen molar-refractivity contribution in [3.05, 3.63) is 41.5 Å². The largest absolute Gasteiger partial charge is 0.480 e. The summed E-state index contributed by atoms with van der Waals surface area (Å²) in [5, 5.41) is 8.79. The Morgan fingerprint density at radius 3 is 2.82 bits per heavy atom. The van der Waals surface area contributed by atoms with Gasteiger partial charge in [0.15, 0.2) is 5.78 Å². The number of fused-ring (bicyclic) bond motifs is 1. The molecular formula is C13H13NO3. The Bertz CT molecular complexity index is 505. The molecule has 1 aromatic carbocycles. The average Bonchev–Trinajstić information content (AvgIpc) is 2.28. The van der Waals surface area contributed by atoms with Crippen molar-refractivity contribution in [2.24, 2.45) is 5.73 Å². The van der Waals surface area contributed by atoms with Crippen molar-refractivity contribution in [2.75, 3.05) is 0 Å². The molecule has 0 spiro atoms. The summed E-state index contributed by atoms with van der Waals surface area (Å²) in [5.41, 5.74) is 8.08. The van der Waals surface area contributed by atoms with Crippen LogP contribution in [0.5, 0.6) is 0 Å². The van der Waals surface area contributed by atoms with E-state index in [1.54, 1.807) is 0 Å². The van der Waals surface area contributed by atoms with Crippen LogP contribution >= 0.6 is 0 Å². The molecule has 3 N–H and O–H groups in total. The van der Waals surface area contributed by atoms with E-state index in [1.807, 2.05) is 24.3 Å². The summed E-state index contributed by atoms with van der Waals surface area (Å²) >= 11 is 0. The highest BCUT2D eigenvalue weighted by Gasteiger charge is 2.21. The van der Waals surface area contributed by atoms with Gasteiger partial charge in [0, 0.05) is 6.42 Å². The number of carboxylic acids is 1.